The summed E-state index contributed by atoms with van der Waals surface area (Å²) < 4.78 is 0. The molecule has 104 valence electrons. The number of hydrogen-bond donors (Lipinski definition) is 1. The molecule has 1 unspecified atom stereocenters. The highest BCUT2D eigenvalue weighted by molar-refractivity contribution is 5.83. The zero-order valence-corrected chi connectivity index (χ0v) is 12.0. The minimum atomic E-state index is -0.0161. The van der Waals surface area contributed by atoms with Crippen LogP contribution in [0, 0.1) is 5.41 Å². The second-order valence-electron chi connectivity index (χ2n) is 5.99. The number of amides is 1. The van der Waals surface area contributed by atoms with E-state index in [-0.39, 0.29) is 5.41 Å². The standard InChI is InChI=1S/C15H28N2O/c1-3-11-17(13-7-10-16-12-13)14(18)15(4-2)8-5-6-9-15/h13,16H,3-12H2,1-2H3. The lowest BCUT2D eigenvalue weighted by Gasteiger charge is -2.37. The molecule has 2 rings (SSSR count). The van der Waals surface area contributed by atoms with E-state index in [1.807, 2.05) is 0 Å². The molecule has 1 amide bonds. The molecule has 2 fully saturated rings. The van der Waals surface area contributed by atoms with Gasteiger partial charge < -0.3 is 10.2 Å². The highest BCUT2D eigenvalue weighted by atomic mass is 16.2. The van der Waals surface area contributed by atoms with Gasteiger partial charge >= 0.3 is 0 Å². The summed E-state index contributed by atoms with van der Waals surface area (Å²) in [4.78, 5) is 15.2. The van der Waals surface area contributed by atoms with Crippen molar-refractivity contribution in [1.29, 1.82) is 0 Å². The maximum atomic E-state index is 13.0. The molecule has 0 aromatic rings. The van der Waals surface area contributed by atoms with Gasteiger partial charge in [-0.3, -0.25) is 4.79 Å². The van der Waals surface area contributed by atoms with Crippen LogP contribution >= 0.6 is 0 Å². The summed E-state index contributed by atoms with van der Waals surface area (Å²) in [5.74, 6) is 0.457. The van der Waals surface area contributed by atoms with Crippen LogP contribution in [0.2, 0.25) is 0 Å². The molecule has 1 N–H and O–H groups in total. The van der Waals surface area contributed by atoms with Gasteiger partial charge in [0.05, 0.1) is 0 Å². The van der Waals surface area contributed by atoms with Gasteiger partial charge in [-0.15, -0.1) is 0 Å². The summed E-state index contributed by atoms with van der Waals surface area (Å²) in [5, 5.41) is 3.39. The van der Waals surface area contributed by atoms with E-state index in [2.05, 4.69) is 24.1 Å². The lowest BCUT2D eigenvalue weighted by atomic mass is 9.81. The van der Waals surface area contributed by atoms with Crippen molar-refractivity contribution in [2.45, 2.75) is 64.8 Å². The quantitative estimate of drug-likeness (QED) is 0.815. The van der Waals surface area contributed by atoms with E-state index in [0.29, 0.717) is 11.9 Å². The molecule has 1 saturated heterocycles. The predicted octanol–water partition coefficient (Wildman–Crippen LogP) is 2.56. The van der Waals surface area contributed by atoms with Crippen LogP contribution in [0.3, 0.4) is 0 Å². The Hall–Kier alpha value is -0.570. The first-order chi connectivity index (χ1) is 8.73. The monoisotopic (exact) mass is 252 g/mol. The Labute approximate surface area is 111 Å². The third-order valence-electron chi connectivity index (χ3n) is 4.89. The first-order valence-corrected chi connectivity index (χ1v) is 7.75. The fourth-order valence-corrected chi connectivity index (χ4v) is 3.67. The van der Waals surface area contributed by atoms with Crippen LogP contribution in [0.5, 0.6) is 0 Å². The van der Waals surface area contributed by atoms with Crippen molar-refractivity contribution < 1.29 is 4.79 Å². The topological polar surface area (TPSA) is 32.3 Å². The van der Waals surface area contributed by atoms with Crippen molar-refractivity contribution in [3.63, 3.8) is 0 Å². The fourth-order valence-electron chi connectivity index (χ4n) is 3.67. The second-order valence-corrected chi connectivity index (χ2v) is 5.99. The summed E-state index contributed by atoms with van der Waals surface area (Å²) in [6.07, 6.45) is 7.93. The van der Waals surface area contributed by atoms with Crippen LogP contribution in [0.15, 0.2) is 0 Å². The molecule has 3 nitrogen and oxygen atoms in total. The van der Waals surface area contributed by atoms with Crippen molar-refractivity contribution >= 4 is 5.91 Å². The highest BCUT2D eigenvalue weighted by Crippen LogP contribution is 2.43. The summed E-state index contributed by atoms with van der Waals surface area (Å²) in [6, 6.07) is 0.446. The fraction of sp³-hybridized carbons (Fsp3) is 0.933. The molecular formula is C15H28N2O. The van der Waals surface area contributed by atoms with Gasteiger partial charge in [-0.2, -0.15) is 0 Å². The minimum Gasteiger partial charge on any atom is -0.338 e. The van der Waals surface area contributed by atoms with Crippen LogP contribution in [0.4, 0.5) is 0 Å². The lowest BCUT2D eigenvalue weighted by molar-refractivity contribution is -0.144. The molecule has 0 aromatic carbocycles. The number of carbonyl (C=O) groups excluding carboxylic acids is 1. The van der Waals surface area contributed by atoms with Crippen molar-refractivity contribution in [2.75, 3.05) is 19.6 Å². The zero-order chi connectivity index (χ0) is 13.0. The van der Waals surface area contributed by atoms with Gasteiger partial charge in [0.1, 0.15) is 0 Å². The number of rotatable bonds is 5. The van der Waals surface area contributed by atoms with Crippen LogP contribution in [-0.2, 0) is 4.79 Å². The number of carbonyl (C=O) groups is 1. The third kappa shape index (κ3) is 2.56. The number of hydrogen-bond acceptors (Lipinski definition) is 2. The summed E-state index contributed by atoms with van der Waals surface area (Å²) in [6.45, 7) is 7.37. The largest absolute Gasteiger partial charge is 0.338 e. The number of nitrogens with zero attached hydrogens (tertiary/aromatic N) is 1. The van der Waals surface area contributed by atoms with E-state index < -0.39 is 0 Å². The highest BCUT2D eigenvalue weighted by Gasteiger charge is 2.43. The van der Waals surface area contributed by atoms with E-state index in [1.165, 1.54) is 12.8 Å². The normalized spacial score (nSPS) is 26.4. The van der Waals surface area contributed by atoms with Gasteiger partial charge in [0.2, 0.25) is 5.91 Å². The van der Waals surface area contributed by atoms with Gasteiger partial charge in [-0.05, 0) is 38.6 Å². The van der Waals surface area contributed by atoms with E-state index in [4.69, 9.17) is 0 Å². The Kier molecular flexibility index (Phi) is 4.66. The molecule has 0 aromatic heterocycles. The van der Waals surface area contributed by atoms with E-state index >= 15 is 0 Å². The first kappa shape index (κ1) is 13.9. The van der Waals surface area contributed by atoms with Gasteiger partial charge in [0.15, 0.2) is 0 Å². The first-order valence-electron chi connectivity index (χ1n) is 7.75. The van der Waals surface area contributed by atoms with Crippen molar-refractivity contribution in [3.05, 3.63) is 0 Å². The Morgan fingerprint density at radius 2 is 2.06 bits per heavy atom. The molecule has 18 heavy (non-hydrogen) atoms. The smallest absolute Gasteiger partial charge is 0.229 e. The molecule has 3 heteroatoms. The molecule has 1 aliphatic carbocycles. The van der Waals surface area contributed by atoms with Gasteiger partial charge in [0, 0.05) is 24.5 Å². The Morgan fingerprint density at radius 1 is 1.33 bits per heavy atom. The molecule has 1 atom stereocenters. The van der Waals surface area contributed by atoms with Crippen molar-refractivity contribution in [1.82, 2.24) is 10.2 Å². The molecule has 0 radical (unpaired) electrons. The summed E-state index contributed by atoms with van der Waals surface area (Å²) in [5.41, 5.74) is -0.0161. The minimum absolute atomic E-state index is 0.0161. The van der Waals surface area contributed by atoms with Gasteiger partial charge in [-0.25, -0.2) is 0 Å². The van der Waals surface area contributed by atoms with Gasteiger partial charge in [0.25, 0.3) is 0 Å². The second kappa shape index (κ2) is 6.05. The van der Waals surface area contributed by atoms with E-state index in [0.717, 1.165) is 51.7 Å². The maximum Gasteiger partial charge on any atom is 0.229 e. The molecule has 1 heterocycles. The predicted molar refractivity (Wildman–Crippen MR) is 74.5 cm³/mol. The molecular weight excluding hydrogens is 224 g/mol. The lowest BCUT2D eigenvalue weighted by Crippen LogP contribution is -2.49. The average Bonchev–Trinajstić information content (AvgIpc) is 3.06. The van der Waals surface area contributed by atoms with Gasteiger partial charge in [-0.1, -0.05) is 26.7 Å². The SMILES string of the molecule is CCCN(C(=O)C1(CC)CCCC1)C1CCNC1. The van der Waals surface area contributed by atoms with Crippen molar-refractivity contribution in [2.24, 2.45) is 5.41 Å². The Bertz CT molecular complexity index is 278. The molecule has 0 spiro atoms. The Balaban J connectivity index is 2.11. The van der Waals surface area contributed by atoms with Crippen LogP contribution in [0.1, 0.15) is 58.8 Å². The average molecular weight is 252 g/mol. The summed E-state index contributed by atoms with van der Waals surface area (Å²) in [7, 11) is 0. The van der Waals surface area contributed by atoms with Crippen LogP contribution < -0.4 is 5.32 Å². The van der Waals surface area contributed by atoms with Crippen molar-refractivity contribution in [3.8, 4) is 0 Å². The Morgan fingerprint density at radius 3 is 2.56 bits per heavy atom. The van der Waals surface area contributed by atoms with Crippen LogP contribution in [-0.4, -0.2) is 36.5 Å². The number of nitrogens with one attached hydrogen (secondary N) is 1. The maximum absolute atomic E-state index is 13.0. The van der Waals surface area contributed by atoms with E-state index in [9.17, 15) is 4.79 Å². The summed E-state index contributed by atoms with van der Waals surface area (Å²) >= 11 is 0. The third-order valence-corrected chi connectivity index (χ3v) is 4.89. The van der Waals surface area contributed by atoms with Crippen LogP contribution in [0.25, 0.3) is 0 Å². The molecule has 2 aliphatic rings. The zero-order valence-electron chi connectivity index (χ0n) is 12.0. The molecule has 0 bridgehead atoms. The molecule has 1 saturated carbocycles. The van der Waals surface area contributed by atoms with E-state index in [1.54, 1.807) is 0 Å². The molecule has 1 aliphatic heterocycles.